The fourth-order valence-electron chi connectivity index (χ4n) is 2.36. The lowest BCUT2D eigenvalue weighted by atomic mass is 10.0. The average Bonchev–Trinajstić information content (AvgIpc) is 2.56. The molecule has 1 N–H and O–H groups in total. The van der Waals surface area contributed by atoms with Gasteiger partial charge in [-0.15, -0.1) is 0 Å². The molecular formula is C21H24BrNO3. The molecule has 0 radical (unpaired) electrons. The zero-order valence-corrected chi connectivity index (χ0v) is 17.1. The van der Waals surface area contributed by atoms with Gasteiger partial charge in [-0.3, -0.25) is 4.79 Å². The van der Waals surface area contributed by atoms with Crippen LogP contribution in [0.5, 0.6) is 0 Å². The van der Waals surface area contributed by atoms with Crippen molar-refractivity contribution in [1.82, 2.24) is 0 Å². The Labute approximate surface area is 163 Å². The molecule has 0 aliphatic heterocycles. The van der Waals surface area contributed by atoms with Crippen LogP contribution in [0.3, 0.4) is 0 Å². The van der Waals surface area contributed by atoms with Gasteiger partial charge in [0.05, 0.1) is 5.56 Å². The number of hydrogen-bond acceptors (Lipinski definition) is 3. The van der Waals surface area contributed by atoms with E-state index in [0.717, 1.165) is 10.0 Å². The predicted octanol–water partition coefficient (Wildman–Crippen LogP) is 5.22. The molecule has 1 atom stereocenters. The largest absolute Gasteiger partial charge is 0.456 e. The van der Waals surface area contributed by atoms with Crippen molar-refractivity contribution in [2.45, 2.75) is 39.7 Å². The van der Waals surface area contributed by atoms with Crippen LogP contribution in [0.15, 0.2) is 53.0 Å². The number of rotatable bonds is 5. The van der Waals surface area contributed by atoms with Crippen molar-refractivity contribution in [2.24, 2.45) is 5.92 Å². The molecular weight excluding hydrogens is 394 g/mol. The fourth-order valence-corrected chi connectivity index (χ4v) is 2.62. The minimum atomic E-state index is -0.535. The molecule has 0 unspecified atom stereocenters. The van der Waals surface area contributed by atoms with Crippen molar-refractivity contribution in [1.29, 1.82) is 0 Å². The van der Waals surface area contributed by atoms with Gasteiger partial charge in [-0.2, -0.15) is 0 Å². The lowest BCUT2D eigenvalue weighted by Crippen LogP contribution is -2.24. The van der Waals surface area contributed by atoms with Crippen LogP contribution in [0.2, 0.25) is 0 Å². The van der Waals surface area contributed by atoms with Crippen molar-refractivity contribution >= 4 is 33.5 Å². The third kappa shape index (κ3) is 6.30. The Bertz CT molecular complexity index is 761. The number of carbonyl (C=O) groups is 2. The summed E-state index contributed by atoms with van der Waals surface area (Å²) in [7, 11) is 0. The van der Waals surface area contributed by atoms with Crippen LogP contribution in [-0.4, -0.2) is 17.5 Å². The van der Waals surface area contributed by atoms with E-state index in [2.05, 4.69) is 21.2 Å². The highest BCUT2D eigenvalue weighted by molar-refractivity contribution is 9.10. The Hall–Kier alpha value is -2.14. The number of anilines is 1. The monoisotopic (exact) mass is 417 g/mol. The Kier molecular flexibility index (Phi) is 6.59. The SMILES string of the molecule is C[C@@H](Cc1ccc(Br)cc1)C(=O)Nc1ccc(C(=O)OC(C)(C)C)cc1. The Morgan fingerprint density at radius 3 is 2.15 bits per heavy atom. The second-order valence-corrected chi connectivity index (χ2v) is 8.22. The summed E-state index contributed by atoms with van der Waals surface area (Å²) in [6.45, 7) is 7.37. The lowest BCUT2D eigenvalue weighted by molar-refractivity contribution is -0.119. The molecule has 0 heterocycles. The second-order valence-electron chi connectivity index (χ2n) is 7.30. The van der Waals surface area contributed by atoms with Gasteiger partial charge in [0.1, 0.15) is 5.60 Å². The van der Waals surface area contributed by atoms with E-state index >= 15 is 0 Å². The molecule has 0 fully saturated rings. The van der Waals surface area contributed by atoms with Gasteiger partial charge in [0.2, 0.25) is 5.91 Å². The van der Waals surface area contributed by atoms with E-state index in [9.17, 15) is 9.59 Å². The molecule has 0 aliphatic rings. The van der Waals surface area contributed by atoms with Crippen molar-refractivity contribution in [2.75, 3.05) is 5.32 Å². The summed E-state index contributed by atoms with van der Waals surface area (Å²) in [4.78, 5) is 24.4. The molecule has 0 saturated carbocycles. The van der Waals surface area contributed by atoms with Gasteiger partial charge in [0, 0.05) is 16.1 Å². The maximum Gasteiger partial charge on any atom is 0.338 e. The van der Waals surface area contributed by atoms with E-state index in [1.165, 1.54) is 0 Å². The number of carbonyl (C=O) groups excluding carboxylic acids is 2. The van der Waals surface area contributed by atoms with Gasteiger partial charge in [-0.25, -0.2) is 4.79 Å². The summed E-state index contributed by atoms with van der Waals surface area (Å²) in [6, 6.07) is 14.7. The van der Waals surface area contributed by atoms with Crippen molar-refractivity contribution < 1.29 is 14.3 Å². The van der Waals surface area contributed by atoms with Crippen LogP contribution in [0.25, 0.3) is 0 Å². The number of nitrogens with one attached hydrogen (secondary N) is 1. The summed E-state index contributed by atoms with van der Waals surface area (Å²) in [5.41, 5.74) is 1.69. The maximum absolute atomic E-state index is 12.4. The van der Waals surface area contributed by atoms with Gasteiger partial charge in [0.15, 0.2) is 0 Å². The number of benzene rings is 2. The fraction of sp³-hybridized carbons (Fsp3) is 0.333. The summed E-state index contributed by atoms with van der Waals surface area (Å²) < 4.78 is 6.35. The third-order valence-corrected chi connectivity index (χ3v) is 4.22. The molecule has 1 amide bonds. The topological polar surface area (TPSA) is 55.4 Å². The smallest absolute Gasteiger partial charge is 0.338 e. The molecule has 0 spiro atoms. The molecule has 0 bridgehead atoms. The standard InChI is InChI=1S/C21H24BrNO3/c1-14(13-15-5-9-17(22)10-6-15)19(24)23-18-11-7-16(8-12-18)20(25)26-21(2,3)4/h5-12,14H,13H2,1-4H3,(H,23,24)/t14-/m0/s1. The van der Waals surface area contributed by atoms with Gasteiger partial charge < -0.3 is 10.1 Å². The quantitative estimate of drug-likeness (QED) is 0.678. The third-order valence-electron chi connectivity index (χ3n) is 3.69. The van der Waals surface area contributed by atoms with Crippen LogP contribution in [0, 0.1) is 5.92 Å². The lowest BCUT2D eigenvalue weighted by Gasteiger charge is -2.19. The molecule has 5 heteroatoms. The summed E-state index contributed by atoms with van der Waals surface area (Å²) >= 11 is 3.40. The van der Waals surface area contributed by atoms with Crippen molar-refractivity contribution in [3.63, 3.8) is 0 Å². The molecule has 138 valence electrons. The van der Waals surface area contributed by atoms with E-state index in [1.54, 1.807) is 24.3 Å². The zero-order valence-electron chi connectivity index (χ0n) is 15.5. The Morgan fingerprint density at radius 2 is 1.62 bits per heavy atom. The van der Waals surface area contributed by atoms with Crippen LogP contribution >= 0.6 is 15.9 Å². The molecule has 0 saturated heterocycles. The number of ether oxygens (including phenoxy) is 1. The first-order chi connectivity index (χ1) is 12.1. The minimum Gasteiger partial charge on any atom is -0.456 e. The molecule has 0 aliphatic carbocycles. The second kappa shape index (κ2) is 8.49. The van der Waals surface area contributed by atoms with E-state index in [0.29, 0.717) is 17.7 Å². The highest BCUT2D eigenvalue weighted by atomic mass is 79.9. The van der Waals surface area contributed by atoms with Crippen LogP contribution in [0.4, 0.5) is 5.69 Å². The van der Waals surface area contributed by atoms with E-state index in [1.807, 2.05) is 52.0 Å². The Balaban J connectivity index is 1.94. The molecule has 2 rings (SSSR count). The van der Waals surface area contributed by atoms with Crippen molar-refractivity contribution in [3.05, 3.63) is 64.1 Å². The summed E-state index contributed by atoms with van der Waals surface area (Å²) in [5, 5.41) is 2.89. The molecule has 2 aromatic rings. The van der Waals surface area contributed by atoms with Gasteiger partial charge in [-0.1, -0.05) is 35.0 Å². The first kappa shape index (κ1) is 20.2. The minimum absolute atomic E-state index is 0.0575. The van der Waals surface area contributed by atoms with Crippen molar-refractivity contribution in [3.8, 4) is 0 Å². The zero-order chi connectivity index (χ0) is 19.3. The highest BCUT2D eigenvalue weighted by Crippen LogP contribution is 2.17. The van der Waals surface area contributed by atoms with Gasteiger partial charge in [-0.05, 0) is 69.2 Å². The van der Waals surface area contributed by atoms with E-state index in [-0.39, 0.29) is 17.8 Å². The first-order valence-electron chi connectivity index (χ1n) is 8.53. The van der Waals surface area contributed by atoms with Crippen LogP contribution in [0.1, 0.15) is 43.6 Å². The molecule has 4 nitrogen and oxygen atoms in total. The predicted molar refractivity (Wildman–Crippen MR) is 107 cm³/mol. The first-order valence-corrected chi connectivity index (χ1v) is 9.32. The number of amides is 1. The Morgan fingerprint density at radius 1 is 1.04 bits per heavy atom. The van der Waals surface area contributed by atoms with E-state index in [4.69, 9.17) is 4.74 Å². The molecule has 26 heavy (non-hydrogen) atoms. The van der Waals surface area contributed by atoms with Gasteiger partial charge in [0.25, 0.3) is 0 Å². The number of halogens is 1. The summed E-state index contributed by atoms with van der Waals surface area (Å²) in [6.07, 6.45) is 0.662. The van der Waals surface area contributed by atoms with E-state index < -0.39 is 5.60 Å². The maximum atomic E-state index is 12.4. The number of esters is 1. The number of hydrogen-bond donors (Lipinski definition) is 1. The normalized spacial score (nSPS) is 12.3. The van der Waals surface area contributed by atoms with Crippen LogP contribution < -0.4 is 5.32 Å². The van der Waals surface area contributed by atoms with Gasteiger partial charge >= 0.3 is 5.97 Å². The highest BCUT2D eigenvalue weighted by Gasteiger charge is 2.18. The summed E-state index contributed by atoms with van der Waals surface area (Å²) in [5.74, 6) is -0.598. The van der Waals surface area contributed by atoms with Crippen LogP contribution in [-0.2, 0) is 16.0 Å². The molecule has 0 aromatic heterocycles. The molecule has 2 aromatic carbocycles. The average molecular weight is 418 g/mol.